The molecule has 2 heterocycles. The zero-order valence-corrected chi connectivity index (χ0v) is 12.4. The predicted octanol–water partition coefficient (Wildman–Crippen LogP) is 3.45. The molecule has 0 radical (unpaired) electrons. The third-order valence-electron chi connectivity index (χ3n) is 3.36. The lowest BCUT2D eigenvalue weighted by Crippen LogP contribution is -2.11. The van der Waals surface area contributed by atoms with E-state index in [0.717, 1.165) is 29.8 Å². The molecular weight excluding hydrogens is 274 g/mol. The maximum absolute atomic E-state index is 11.8. The Labute approximate surface area is 128 Å². The number of benzene rings is 1. The van der Waals surface area contributed by atoms with E-state index in [1.807, 2.05) is 48.5 Å². The number of aryl methyl sites for hydroxylation is 1. The van der Waals surface area contributed by atoms with Gasteiger partial charge in [0.2, 0.25) is 0 Å². The molecule has 0 saturated heterocycles. The molecule has 0 unspecified atom stereocenters. The van der Waals surface area contributed by atoms with Crippen LogP contribution in [0.25, 0.3) is 22.8 Å². The number of hydrogen-bond acceptors (Lipinski definition) is 3. The van der Waals surface area contributed by atoms with Crippen molar-refractivity contribution in [3.05, 3.63) is 70.6 Å². The molecule has 3 aromatic rings. The van der Waals surface area contributed by atoms with E-state index in [9.17, 15) is 4.79 Å². The van der Waals surface area contributed by atoms with Crippen LogP contribution in [-0.2, 0) is 6.42 Å². The van der Waals surface area contributed by atoms with Gasteiger partial charge in [-0.3, -0.25) is 4.79 Å². The second kappa shape index (κ2) is 6.35. The van der Waals surface area contributed by atoms with E-state index in [0.29, 0.717) is 11.5 Å². The molecule has 0 amide bonds. The Bertz CT molecular complexity index is 825. The Morgan fingerprint density at radius 1 is 0.955 bits per heavy atom. The zero-order valence-electron chi connectivity index (χ0n) is 12.4. The minimum absolute atomic E-state index is 0.139. The van der Waals surface area contributed by atoms with Crippen molar-refractivity contribution in [2.75, 3.05) is 0 Å². The van der Waals surface area contributed by atoms with E-state index >= 15 is 0 Å². The van der Waals surface area contributed by atoms with E-state index in [1.165, 1.54) is 0 Å². The van der Waals surface area contributed by atoms with Crippen molar-refractivity contribution in [2.45, 2.75) is 19.8 Å². The molecule has 0 aliphatic rings. The average Bonchev–Trinajstić information content (AvgIpc) is 2.56. The molecule has 22 heavy (non-hydrogen) atoms. The van der Waals surface area contributed by atoms with Crippen molar-refractivity contribution >= 4 is 0 Å². The van der Waals surface area contributed by atoms with Gasteiger partial charge in [-0.1, -0.05) is 49.7 Å². The monoisotopic (exact) mass is 291 g/mol. The molecule has 3 rings (SSSR count). The number of nitrogens with one attached hydrogen (secondary N) is 1. The maximum atomic E-state index is 11.8. The normalized spacial score (nSPS) is 10.6. The van der Waals surface area contributed by atoms with E-state index in [-0.39, 0.29) is 5.56 Å². The van der Waals surface area contributed by atoms with Gasteiger partial charge in [-0.2, -0.15) is 0 Å². The second-order valence-corrected chi connectivity index (χ2v) is 5.11. The lowest BCUT2D eigenvalue weighted by molar-refractivity contribution is 0.868. The van der Waals surface area contributed by atoms with Crippen molar-refractivity contribution in [3.63, 3.8) is 0 Å². The first-order valence-electron chi connectivity index (χ1n) is 7.39. The first kappa shape index (κ1) is 14.2. The van der Waals surface area contributed by atoms with Crippen molar-refractivity contribution in [1.29, 1.82) is 0 Å². The molecule has 1 N–H and O–H groups in total. The number of rotatable bonds is 4. The third kappa shape index (κ3) is 3.11. The summed E-state index contributed by atoms with van der Waals surface area (Å²) in [5.41, 5.74) is 3.24. The highest BCUT2D eigenvalue weighted by Gasteiger charge is 2.07. The summed E-state index contributed by atoms with van der Waals surface area (Å²) in [5, 5.41) is 0. The fourth-order valence-corrected chi connectivity index (χ4v) is 2.35. The Hall–Kier alpha value is -2.75. The summed E-state index contributed by atoms with van der Waals surface area (Å²) >= 11 is 0. The quantitative estimate of drug-likeness (QED) is 0.801. The van der Waals surface area contributed by atoms with Crippen LogP contribution in [0.1, 0.15) is 19.0 Å². The highest BCUT2D eigenvalue weighted by Crippen LogP contribution is 2.20. The molecule has 0 aliphatic carbocycles. The van der Waals surface area contributed by atoms with Crippen LogP contribution in [0.5, 0.6) is 0 Å². The largest absolute Gasteiger partial charge is 0.305 e. The number of nitrogens with zero attached hydrogens (tertiary/aromatic N) is 2. The Morgan fingerprint density at radius 2 is 1.73 bits per heavy atom. The zero-order chi connectivity index (χ0) is 15.4. The van der Waals surface area contributed by atoms with Crippen LogP contribution < -0.4 is 5.56 Å². The predicted molar refractivity (Wildman–Crippen MR) is 87.5 cm³/mol. The molecule has 1 aromatic carbocycles. The van der Waals surface area contributed by atoms with Crippen molar-refractivity contribution in [3.8, 4) is 22.8 Å². The number of pyridine rings is 1. The number of H-pyrrole nitrogens is 1. The molecule has 4 nitrogen and oxygen atoms in total. The van der Waals surface area contributed by atoms with Crippen LogP contribution in [0.3, 0.4) is 0 Å². The van der Waals surface area contributed by atoms with Crippen LogP contribution in [0.4, 0.5) is 0 Å². The molecule has 0 spiro atoms. The Kier molecular flexibility index (Phi) is 4.10. The molecule has 0 aliphatic heterocycles. The molecule has 110 valence electrons. The Balaban J connectivity index is 2.04. The Morgan fingerprint density at radius 3 is 2.50 bits per heavy atom. The summed E-state index contributed by atoms with van der Waals surface area (Å²) < 4.78 is 0. The average molecular weight is 291 g/mol. The van der Waals surface area contributed by atoms with E-state index < -0.39 is 0 Å². The molecule has 4 heteroatoms. The first-order valence-corrected chi connectivity index (χ1v) is 7.39. The minimum Gasteiger partial charge on any atom is -0.305 e. The van der Waals surface area contributed by atoms with Gasteiger partial charge in [-0.15, -0.1) is 0 Å². The van der Waals surface area contributed by atoms with Gasteiger partial charge in [0.25, 0.3) is 5.56 Å². The SMILES string of the molecule is CCCc1cc(=O)[nH]c(-c2cccc(-c3ccccc3)n2)n1. The van der Waals surface area contributed by atoms with Gasteiger partial charge in [0, 0.05) is 17.3 Å². The molecule has 0 bridgehead atoms. The molecule has 0 atom stereocenters. The summed E-state index contributed by atoms with van der Waals surface area (Å²) in [7, 11) is 0. The van der Waals surface area contributed by atoms with Crippen molar-refractivity contribution in [1.82, 2.24) is 15.0 Å². The standard InChI is InChI=1S/C18H17N3O/c1-2-7-14-12-17(22)21-18(19-14)16-11-6-10-15(20-16)13-8-4-3-5-9-13/h3-6,8-12H,2,7H2,1H3,(H,19,21,22). The van der Waals surface area contributed by atoms with Crippen LogP contribution >= 0.6 is 0 Å². The molecule has 2 aromatic heterocycles. The topological polar surface area (TPSA) is 58.6 Å². The second-order valence-electron chi connectivity index (χ2n) is 5.11. The summed E-state index contributed by atoms with van der Waals surface area (Å²) in [4.78, 5) is 23.7. The van der Waals surface area contributed by atoms with Gasteiger partial charge in [-0.05, 0) is 18.6 Å². The van der Waals surface area contributed by atoms with E-state index in [2.05, 4.69) is 21.9 Å². The number of aromatic amines is 1. The highest BCUT2D eigenvalue weighted by molar-refractivity contribution is 5.62. The van der Waals surface area contributed by atoms with Crippen molar-refractivity contribution < 1.29 is 0 Å². The molecule has 0 fully saturated rings. The van der Waals surface area contributed by atoms with Gasteiger partial charge in [0.1, 0.15) is 5.69 Å². The number of hydrogen-bond donors (Lipinski definition) is 1. The van der Waals surface area contributed by atoms with Gasteiger partial charge in [0.15, 0.2) is 5.82 Å². The summed E-state index contributed by atoms with van der Waals surface area (Å²) in [6, 6.07) is 17.2. The van der Waals surface area contributed by atoms with Crippen LogP contribution in [-0.4, -0.2) is 15.0 Å². The van der Waals surface area contributed by atoms with Gasteiger partial charge < -0.3 is 4.98 Å². The van der Waals surface area contributed by atoms with E-state index in [4.69, 9.17) is 0 Å². The van der Waals surface area contributed by atoms with Crippen molar-refractivity contribution in [2.24, 2.45) is 0 Å². The summed E-state index contributed by atoms with van der Waals surface area (Å²) in [6.45, 7) is 2.07. The minimum atomic E-state index is -0.139. The summed E-state index contributed by atoms with van der Waals surface area (Å²) in [6.07, 6.45) is 1.74. The lowest BCUT2D eigenvalue weighted by Gasteiger charge is -2.06. The summed E-state index contributed by atoms with van der Waals surface area (Å²) in [5.74, 6) is 0.522. The third-order valence-corrected chi connectivity index (χ3v) is 3.36. The van der Waals surface area contributed by atoms with Crippen LogP contribution in [0, 0.1) is 0 Å². The first-order chi connectivity index (χ1) is 10.8. The maximum Gasteiger partial charge on any atom is 0.251 e. The smallest absolute Gasteiger partial charge is 0.251 e. The van der Waals surface area contributed by atoms with Gasteiger partial charge in [-0.25, -0.2) is 9.97 Å². The molecular formula is C18H17N3O. The van der Waals surface area contributed by atoms with Gasteiger partial charge >= 0.3 is 0 Å². The fraction of sp³-hybridized carbons (Fsp3) is 0.167. The van der Waals surface area contributed by atoms with Crippen LogP contribution in [0.15, 0.2) is 59.4 Å². The van der Waals surface area contributed by atoms with Crippen LogP contribution in [0.2, 0.25) is 0 Å². The van der Waals surface area contributed by atoms with E-state index in [1.54, 1.807) is 6.07 Å². The fourth-order valence-electron chi connectivity index (χ4n) is 2.35. The highest BCUT2D eigenvalue weighted by atomic mass is 16.1. The molecule has 0 saturated carbocycles. The number of aromatic nitrogens is 3. The van der Waals surface area contributed by atoms with Gasteiger partial charge in [0.05, 0.1) is 5.69 Å². The lowest BCUT2D eigenvalue weighted by atomic mass is 10.1.